The standard InChI is InChI=1S/C33H41N3O9S/c1-24(33(38)34-16-15-25-7-14-30(42-3)31(21-25)43-4)36(22-26-5-8-27(41-2)9-6-26)32(37)23-45-28-10-12-29(13-11-28)46(39,40)35-17-19-44-20-18-35/h5-14,21,24H,15-20,22-23H2,1-4H3,(H,34,38)/t24-/m1/s1. The number of amides is 2. The molecule has 2 amide bonds. The van der Waals surface area contributed by atoms with Crippen LogP contribution in [0.25, 0.3) is 0 Å². The number of nitrogens with one attached hydrogen (secondary N) is 1. The topological polar surface area (TPSA) is 133 Å². The van der Waals surface area contributed by atoms with Crippen LogP contribution >= 0.6 is 0 Å². The van der Waals surface area contributed by atoms with Gasteiger partial charge in [-0.15, -0.1) is 0 Å². The fourth-order valence-electron chi connectivity index (χ4n) is 4.90. The van der Waals surface area contributed by atoms with E-state index in [0.29, 0.717) is 62.3 Å². The molecule has 1 N–H and O–H groups in total. The van der Waals surface area contributed by atoms with Crippen LogP contribution < -0.4 is 24.3 Å². The molecule has 248 valence electrons. The Kier molecular flexibility index (Phi) is 12.2. The Balaban J connectivity index is 1.40. The number of morpholine rings is 1. The van der Waals surface area contributed by atoms with E-state index in [4.69, 9.17) is 23.7 Å². The van der Waals surface area contributed by atoms with Crippen LogP contribution in [0.2, 0.25) is 0 Å². The van der Waals surface area contributed by atoms with Crippen molar-refractivity contribution in [1.82, 2.24) is 14.5 Å². The third-order valence-electron chi connectivity index (χ3n) is 7.63. The third-order valence-corrected chi connectivity index (χ3v) is 9.55. The van der Waals surface area contributed by atoms with Crippen LogP contribution in [0.5, 0.6) is 23.0 Å². The first-order valence-corrected chi connectivity index (χ1v) is 16.3. The molecule has 1 atom stereocenters. The Morgan fingerprint density at radius 3 is 2.13 bits per heavy atom. The van der Waals surface area contributed by atoms with E-state index in [0.717, 1.165) is 11.1 Å². The molecule has 1 saturated heterocycles. The summed E-state index contributed by atoms with van der Waals surface area (Å²) in [6.45, 7) is 3.11. The van der Waals surface area contributed by atoms with E-state index < -0.39 is 22.0 Å². The average molecular weight is 656 g/mol. The average Bonchev–Trinajstić information content (AvgIpc) is 3.09. The van der Waals surface area contributed by atoms with Gasteiger partial charge in [-0.25, -0.2) is 8.42 Å². The minimum atomic E-state index is -3.66. The van der Waals surface area contributed by atoms with Crippen molar-refractivity contribution in [1.29, 1.82) is 0 Å². The zero-order valence-corrected chi connectivity index (χ0v) is 27.4. The first kappa shape index (κ1) is 34.5. The fraction of sp³-hybridized carbons (Fsp3) is 0.394. The smallest absolute Gasteiger partial charge is 0.261 e. The van der Waals surface area contributed by atoms with Crippen LogP contribution in [0.1, 0.15) is 18.1 Å². The van der Waals surface area contributed by atoms with Crippen LogP contribution in [0.15, 0.2) is 71.6 Å². The number of ether oxygens (including phenoxy) is 5. The van der Waals surface area contributed by atoms with Gasteiger partial charge in [0.25, 0.3) is 5.91 Å². The summed E-state index contributed by atoms with van der Waals surface area (Å²) in [6.07, 6.45) is 0.547. The summed E-state index contributed by atoms with van der Waals surface area (Å²) in [4.78, 5) is 28.3. The van der Waals surface area contributed by atoms with Gasteiger partial charge in [0, 0.05) is 26.2 Å². The molecule has 13 heteroatoms. The van der Waals surface area contributed by atoms with E-state index in [9.17, 15) is 18.0 Å². The number of sulfonamides is 1. The second-order valence-corrected chi connectivity index (χ2v) is 12.5. The molecule has 12 nitrogen and oxygen atoms in total. The van der Waals surface area contributed by atoms with Gasteiger partial charge >= 0.3 is 0 Å². The van der Waals surface area contributed by atoms with Crippen molar-refractivity contribution in [2.75, 3.05) is 60.8 Å². The number of benzene rings is 3. The van der Waals surface area contributed by atoms with Gasteiger partial charge in [0.2, 0.25) is 15.9 Å². The molecule has 46 heavy (non-hydrogen) atoms. The summed E-state index contributed by atoms with van der Waals surface area (Å²) >= 11 is 0. The summed E-state index contributed by atoms with van der Waals surface area (Å²) < 4.78 is 54.1. The maximum Gasteiger partial charge on any atom is 0.261 e. The number of hydrogen-bond donors (Lipinski definition) is 1. The van der Waals surface area contributed by atoms with Crippen LogP contribution in [0.4, 0.5) is 0 Å². The Hall–Kier alpha value is -4.33. The number of carbonyl (C=O) groups excluding carboxylic acids is 2. The molecule has 1 aliphatic rings. The van der Waals surface area contributed by atoms with E-state index in [1.54, 1.807) is 40.4 Å². The number of hydrogen-bond acceptors (Lipinski definition) is 9. The van der Waals surface area contributed by atoms with Gasteiger partial charge in [0.1, 0.15) is 17.5 Å². The molecule has 1 heterocycles. The molecule has 0 spiro atoms. The third kappa shape index (κ3) is 8.89. The number of methoxy groups -OCH3 is 3. The summed E-state index contributed by atoms with van der Waals surface area (Å²) in [5.41, 5.74) is 1.76. The highest BCUT2D eigenvalue weighted by molar-refractivity contribution is 7.89. The quantitative estimate of drug-likeness (QED) is 0.263. The molecule has 0 radical (unpaired) electrons. The SMILES string of the molecule is COc1ccc(CN(C(=O)COc2ccc(S(=O)(=O)N3CCOCC3)cc2)[C@H](C)C(=O)NCCc2ccc(OC)c(OC)c2)cc1. The van der Waals surface area contributed by atoms with Crippen LogP contribution in [0, 0.1) is 0 Å². The zero-order valence-electron chi connectivity index (χ0n) is 26.6. The van der Waals surface area contributed by atoms with Gasteiger partial charge in [0.05, 0.1) is 39.4 Å². The molecule has 1 fully saturated rings. The molecule has 3 aromatic rings. The van der Waals surface area contributed by atoms with Crippen LogP contribution in [0.3, 0.4) is 0 Å². The molecule has 0 bridgehead atoms. The largest absolute Gasteiger partial charge is 0.497 e. The van der Waals surface area contributed by atoms with Crippen molar-refractivity contribution in [2.24, 2.45) is 0 Å². The molecule has 0 saturated carbocycles. The highest BCUT2D eigenvalue weighted by Gasteiger charge is 2.28. The fourth-order valence-corrected chi connectivity index (χ4v) is 6.30. The molecular formula is C33H41N3O9S. The van der Waals surface area contributed by atoms with Crippen molar-refractivity contribution < 1.29 is 41.7 Å². The number of carbonyl (C=O) groups is 2. The predicted octanol–water partition coefficient (Wildman–Crippen LogP) is 2.89. The Morgan fingerprint density at radius 2 is 1.50 bits per heavy atom. The van der Waals surface area contributed by atoms with E-state index in [2.05, 4.69) is 5.32 Å². The summed E-state index contributed by atoms with van der Waals surface area (Å²) in [5, 5.41) is 2.92. The van der Waals surface area contributed by atoms with Crippen molar-refractivity contribution in [3.63, 3.8) is 0 Å². The van der Waals surface area contributed by atoms with E-state index in [-0.39, 0.29) is 24.0 Å². The normalized spacial score (nSPS) is 14.2. The second kappa shape index (κ2) is 16.3. The molecule has 4 rings (SSSR count). The van der Waals surface area contributed by atoms with Gasteiger partial charge in [0.15, 0.2) is 18.1 Å². The molecule has 3 aromatic carbocycles. The lowest BCUT2D eigenvalue weighted by Gasteiger charge is -2.29. The van der Waals surface area contributed by atoms with E-state index >= 15 is 0 Å². The van der Waals surface area contributed by atoms with Gasteiger partial charge in [-0.05, 0) is 73.0 Å². The highest BCUT2D eigenvalue weighted by Crippen LogP contribution is 2.27. The first-order valence-electron chi connectivity index (χ1n) is 14.9. The molecule has 1 aliphatic heterocycles. The maximum atomic E-state index is 13.5. The minimum absolute atomic E-state index is 0.132. The summed E-state index contributed by atoms with van der Waals surface area (Å²) in [5.74, 6) is 1.48. The zero-order chi connectivity index (χ0) is 33.1. The molecule has 0 aromatic heterocycles. The van der Waals surface area contributed by atoms with Crippen molar-refractivity contribution in [3.8, 4) is 23.0 Å². The Bertz CT molecular complexity index is 1560. The number of nitrogens with zero attached hydrogens (tertiary/aromatic N) is 2. The lowest BCUT2D eigenvalue weighted by molar-refractivity contribution is -0.142. The molecule has 0 unspecified atom stereocenters. The summed E-state index contributed by atoms with van der Waals surface area (Å²) in [6, 6.07) is 17.9. The van der Waals surface area contributed by atoms with Gasteiger partial charge in [-0.3, -0.25) is 9.59 Å². The predicted molar refractivity (Wildman–Crippen MR) is 171 cm³/mol. The van der Waals surface area contributed by atoms with Crippen molar-refractivity contribution in [2.45, 2.75) is 30.8 Å². The monoisotopic (exact) mass is 655 g/mol. The van der Waals surface area contributed by atoms with Crippen molar-refractivity contribution >= 4 is 21.8 Å². The first-order chi connectivity index (χ1) is 22.2. The maximum absolute atomic E-state index is 13.5. The van der Waals surface area contributed by atoms with E-state index in [1.807, 2.05) is 30.3 Å². The highest BCUT2D eigenvalue weighted by atomic mass is 32.2. The van der Waals surface area contributed by atoms with Crippen LogP contribution in [-0.4, -0.2) is 96.3 Å². The number of rotatable bonds is 15. The van der Waals surface area contributed by atoms with Crippen molar-refractivity contribution in [3.05, 3.63) is 77.9 Å². The Morgan fingerprint density at radius 1 is 0.870 bits per heavy atom. The lowest BCUT2D eigenvalue weighted by Crippen LogP contribution is -2.49. The van der Waals surface area contributed by atoms with Gasteiger partial charge in [-0.2, -0.15) is 4.31 Å². The van der Waals surface area contributed by atoms with E-state index in [1.165, 1.54) is 33.5 Å². The lowest BCUT2D eigenvalue weighted by atomic mass is 10.1. The Labute approximate surface area is 270 Å². The summed E-state index contributed by atoms with van der Waals surface area (Å²) in [7, 11) is 1.05. The van der Waals surface area contributed by atoms with Crippen LogP contribution in [-0.2, 0) is 37.3 Å². The van der Waals surface area contributed by atoms with Gasteiger partial charge < -0.3 is 33.9 Å². The molecular weight excluding hydrogens is 614 g/mol. The molecule has 0 aliphatic carbocycles. The van der Waals surface area contributed by atoms with Gasteiger partial charge in [-0.1, -0.05) is 18.2 Å². The second-order valence-electron chi connectivity index (χ2n) is 10.6. The minimum Gasteiger partial charge on any atom is -0.497 e.